The summed E-state index contributed by atoms with van der Waals surface area (Å²) >= 11 is 0. The Bertz CT molecular complexity index is 142. The Labute approximate surface area is 77.4 Å². The SMILES string of the molecule is C=CCC.CCCC=C1CC1C. The van der Waals surface area contributed by atoms with Gasteiger partial charge in [-0.3, -0.25) is 0 Å². The molecule has 1 rings (SSSR count). The first-order valence-electron chi connectivity index (χ1n) is 5.06. The Kier molecular flexibility index (Phi) is 6.84. The molecule has 0 heteroatoms. The lowest BCUT2D eigenvalue weighted by molar-refractivity contribution is 0.948. The Morgan fingerprint density at radius 3 is 2.25 bits per heavy atom. The minimum atomic E-state index is 0.932. The molecule has 0 heterocycles. The van der Waals surface area contributed by atoms with E-state index in [9.17, 15) is 0 Å². The molecule has 0 aromatic carbocycles. The fourth-order valence-electron chi connectivity index (χ4n) is 0.909. The molecule has 0 aromatic rings. The lowest BCUT2D eigenvalue weighted by Crippen LogP contribution is -1.60. The van der Waals surface area contributed by atoms with E-state index >= 15 is 0 Å². The highest BCUT2D eigenvalue weighted by Gasteiger charge is 2.22. The van der Waals surface area contributed by atoms with E-state index < -0.39 is 0 Å². The van der Waals surface area contributed by atoms with Gasteiger partial charge in [-0.15, -0.1) is 6.58 Å². The van der Waals surface area contributed by atoms with Crippen LogP contribution in [0.25, 0.3) is 0 Å². The van der Waals surface area contributed by atoms with Crippen LogP contribution in [-0.2, 0) is 0 Å². The van der Waals surface area contributed by atoms with E-state index in [-0.39, 0.29) is 0 Å². The van der Waals surface area contributed by atoms with Gasteiger partial charge in [0.25, 0.3) is 0 Å². The molecule has 1 aliphatic carbocycles. The van der Waals surface area contributed by atoms with E-state index in [1.54, 1.807) is 5.57 Å². The Hall–Kier alpha value is -0.520. The van der Waals surface area contributed by atoms with Crippen LogP contribution in [-0.4, -0.2) is 0 Å². The van der Waals surface area contributed by atoms with Crippen molar-refractivity contribution in [2.75, 3.05) is 0 Å². The summed E-state index contributed by atoms with van der Waals surface area (Å²) in [7, 11) is 0. The zero-order valence-electron chi connectivity index (χ0n) is 8.77. The first kappa shape index (κ1) is 11.5. The predicted molar refractivity (Wildman–Crippen MR) is 57.3 cm³/mol. The summed E-state index contributed by atoms with van der Waals surface area (Å²) in [6.07, 6.45) is 9.32. The van der Waals surface area contributed by atoms with Crippen molar-refractivity contribution in [2.24, 2.45) is 5.92 Å². The van der Waals surface area contributed by atoms with Crippen molar-refractivity contribution in [3.63, 3.8) is 0 Å². The topological polar surface area (TPSA) is 0 Å². The smallest absolute Gasteiger partial charge is 0.0194 e. The summed E-state index contributed by atoms with van der Waals surface area (Å²) in [5.74, 6) is 0.932. The summed E-state index contributed by atoms with van der Waals surface area (Å²) in [5.41, 5.74) is 1.69. The largest absolute Gasteiger partial charge is 0.103 e. The second kappa shape index (κ2) is 7.15. The van der Waals surface area contributed by atoms with Gasteiger partial charge >= 0.3 is 0 Å². The van der Waals surface area contributed by atoms with Gasteiger partial charge in [0.2, 0.25) is 0 Å². The van der Waals surface area contributed by atoms with Gasteiger partial charge < -0.3 is 0 Å². The van der Waals surface area contributed by atoms with Crippen LogP contribution in [0.4, 0.5) is 0 Å². The third kappa shape index (κ3) is 6.21. The van der Waals surface area contributed by atoms with Crippen LogP contribution in [0.3, 0.4) is 0 Å². The van der Waals surface area contributed by atoms with Crippen LogP contribution in [0.2, 0.25) is 0 Å². The fraction of sp³-hybridized carbons (Fsp3) is 0.667. The van der Waals surface area contributed by atoms with Gasteiger partial charge in [-0.1, -0.05) is 44.9 Å². The zero-order valence-corrected chi connectivity index (χ0v) is 8.77. The summed E-state index contributed by atoms with van der Waals surface area (Å²) in [6.45, 7) is 10.1. The van der Waals surface area contributed by atoms with E-state index in [1.807, 2.05) is 6.08 Å². The summed E-state index contributed by atoms with van der Waals surface area (Å²) in [4.78, 5) is 0. The highest BCUT2D eigenvalue weighted by molar-refractivity contribution is 5.21. The Morgan fingerprint density at radius 1 is 1.50 bits per heavy atom. The monoisotopic (exact) mass is 166 g/mol. The molecule has 1 aliphatic rings. The molecule has 12 heavy (non-hydrogen) atoms. The standard InChI is InChI=1S/C8H14.C4H8/c1-3-4-5-8-6-7(8)2;1-3-4-2/h5,7H,3-4,6H2,1-2H3;3H,1,4H2,2H3. The molecule has 1 saturated carbocycles. The van der Waals surface area contributed by atoms with Crippen molar-refractivity contribution in [1.82, 2.24) is 0 Å². The first-order chi connectivity index (χ1) is 5.76. The molecule has 70 valence electrons. The van der Waals surface area contributed by atoms with Crippen molar-refractivity contribution < 1.29 is 0 Å². The molecule has 1 atom stereocenters. The molecule has 0 spiro atoms. The maximum absolute atomic E-state index is 3.48. The third-order valence-corrected chi connectivity index (χ3v) is 2.00. The van der Waals surface area contributed by atoms with Crippen LogP contribution < -0.4 is 0 Å². The van der Waals surface area contributed by atoms with Crippen molar-refractivity contribution in [3.8, 4) is 0 Å². The van der Waals surface area contributed by atoms with Crippen LogP contribution in [0.5, 0.6) is 0 Å². The number of unbranched alkanes of at least 4 members (excludes halogenated alkanes) is 1. The molecule has 0 radical (unpaired) electrons. The summed E-state index contributed by atoms with van der Waals surface area (Å²) in [6, 6.07) is 0. The number of hydrogen-bond acceptors (Lipinski definition) is 0. The van der Waals surface area contributed by atoms with Gasteiger partial charge in [0.15, 0.2) is 0 Å². The van der Waals surface area contributed by atoms with E-state index in [0.29, 0.717) is 0 Å². The number of hydrogen-bond donors (Lipinski definition) is 0. The minimum absolute atomic E-state index is 0.932. The van der Waals surface area contributed by atoms with Gasteiger partial charge in [0.05, 0.1) is 0 Å². The van der Waals surface area contributed by atoms with Crippen LogP contribution in [0, 0.1) is 5.92 Å². The Morgan fingerprint density at radius 2 is 2.00 bits per heavy atom. The zero-order chi connectivity index (χ0) is 9.40. The van der Waals surface area contributed by atoms with Gasteiger partial charge in [0.1, 0.15) is 0 Å². The second-order valence-electron chi connectivity index (χ2n) is 3.37. The predicted octanol–water partition coefficient (Wildman–Crippen LogP) is 4.34. The quantitative estimate of drug-likeness (QED) is 0.547. The average Bonchev–Trinajstić information content (AvgIpc) is 2.79. The van der Waals surface area contributed by atoms with Crippen LogP contribution >= 0.6 is 0 Å². The molecule has 0 nitrogen and oxygen atoms in total. The second-order valence-corrected chi connectivity index (χ2v) is 3.37. The molecule has 1 fully saturated rings. The maximum atomic E-state index is 3.48. The number of rotatable bonds is 3. The normalized spacial score (nSPS) is 22.9. The fourth-order valence-corrected chi connectivity index (χ4v) is 0.909. The molecule has 0 amide bonds. The van der Waals surface area contributed by atoms with E-state index in [1.165, 1.54) is 19.3 Å². The molecule has 0 aromatic heterocycles. The van der Waals surface area contributed by atoms with E-state index in [0.717, 1.165) is 12.3 Å². The van der Waals surface area contributed by atoms with Crippen molar-refractivity contribution in [2.45, 2.75) is 46.5 Å². The van der Waals surface area contributed by atoms with Crippen molar-refractivity contribution >= 4 is 0 Å². The lowest BCUT2D eigenvalue weighted by Gasteiger charge is -1.79. The van der Waals surface area contributed by atoms with Crippen LogP contribution in [0.1, 0.15) is 46.5 Å². The highest BCUT2D eigenvalue weighted by Crippen LogP contribution is 2.36. The Balaban J connectivity index is 0.000000261. The molecule has 0 N–H and O–H groups in total. The highest BCUT2D eigenvalue weighted by atomic mass is 14.3. The molecule has 0 bridgehead atoms. The molecular weight excluding hydrogens is 144 g/mol. The first-order valence-corrected chi connectivity index (χ1v) is 5.06. The van der Waals surface area contributed by atoms with Gasteiger partial charge in [0, 0.05) is 0 Å². The van der Waals surface area contributed by atoms with Crippen molar-refractivity contribution in [3.05, 3.63) is 24.3 Å². The summed E-state index contributed by atoms with van der Waals surface area (Å²) in [5, 5.41) is 0. The summed E-state index contributed by atoms with van der Waals surface area (Å²) < 4.78 is 0. The molecule has 0 saturated heterocycles. The average molecular weight is 166 g/mol. The molecular formula is C12H22. The minimum Gasteiger partial charge on any atom is -0.103 e. The molecule has 0 aliphatic heterocycles. The van der Waals surface area contributed by atoms with Gasteiger partial charge in [-0.05, 0) is 25.2 Å². The molecule has 1 unspecified atom stereocenters. The maximum Gasteiger partial charge on any atom is -0.0194 e. The van der Waals surface area contributed by atoms with Gasteiger partial charge in [-0.25, -0.2) is 0 Å². The van der Waals surface area contributed by atoms with E-state index in [2.05, 4.69) is 33.4 Å². The third-order valence-electron chi connectivity index (χ3n) is 2.00. The van der Waals surface area contributed by atoms with Crippen molar-refractivity contribution in [1.29, 1.82) is 0 Å². The van der Waals surface area contributed by atoms with E-state index in [4.69, 9.17) is 0 Å². The van der Waals surface area contributed by atoms with Gasteiger partial charge in [-0.2, -0.15) is 0 Å². The number of allylic oxidation sites excluding steroid dienone is 3. The lowest BCUT2D eigenvalue weighted by atomic mass is 10.3. The van der Waals surface area contributed by atoms with Crippen LogP contribution in [0.15, 0.2) is 24.3 Å².